The van der Waals surface area contributed by atoms with Gasteiger partial charge in [-0.3, -0.25) is 9.59 Å². The molecule has 0 aromatic carbocycles. The predicted octanol–water partition coefficient (Wildman–Crippen LogP) is 21.8. The van der Waals surface area contributed by atoms with Gasteiger partial charge in [0, 0.05) is 12.8 Å². The summed E-state index contributed by atoms with van der Waals surface area (Å²) in [4.78, 5) is 24.6. The molecule has 0 heterocycles. The van der Waals surface area contributed by atoms with Gasteiger partial charge in [-0.15, -0.1) is 0 Å². The number of rotatable bonds is 64. The van der Waals surface area contributed by atoms with Crippen molar-refractivity contribution in [3.05, 3.63) is 24.3 Å². The Hall–Kier alpha value is -1.66. The molecule has 444 valence electrons. The van der Waals surface area contributed by atoms with Gasteiger partial charge in [-0.25, -0.2) is 0 Å². The maximum atomic E-state index is 12.5. The quantitative estimate of drug-likeness (QED) is 0.0320. The zero-order valence-corrected chi connectivity index (χ0v) is 50.8. The van der Waals surface area contributed by atoms with Crippen molar-refractivity contribution in [1.29, 1.82) is 0 Å². The molecule has 2 atom stereocenters. The van der Waals surface area contributed by atoms with E-state index in [9.17, 15) is 19.8 Å². The Bertz CT molecular complexity index is 1170. The molecule has 0 spiro atoms. The Labute approximate surface area is 469 Å². The van der Waals surface area contributed by atoms with Crippen LogP contribution in [-0.2, 0) is 14.3 Å². The lowest BCUT2D eigenvalue weighted by atomic mass is 10.0. The summed E-state index contributed by atoms with van der Waals surface area (Å²) in [6, 6.07) is -0.540. The third-order valence-corrected chi connectivity index (χ3v) is 16.0. The highest BCUT2D eigenvalue weighted by Gasteiger charge is 2.20. The zero-order valence-electron chi connectivity index (χ0n) is 50.8. The van der Waals surface area contributed by atoms with Crippen LogP contribution >= 0.6 is 0 Å². The molecule has 0 rings (SSSR count). The summed E-state index contributed by atoms with van der Waals surface area (Å²) in [6.07, 6.45) is 80.7. The lowest BCUT2D eigenvalue weighted by Gasteiger charge is -2.22. The van der Waals surface area contributed by atoms with E-state index in [4.69, 9.17) is 4.74 Å². The monoisotopic (exact) mass is 1060 g/mol. The number of hydrogen-bond donors (Lipinski definition) is 3. The van der Waals surface area contributed by atoms with E-state index < -0.39 is 12.1 Å². The lowest BCUT2D eigenvalue weighted by Crippen LogP contribution is -2.45. The van der Waals surface area contributed by atoms with Crippen LogP contribution in [0.5, 0.6) is 0 Å². The summed E-state index contributed by atoms with van der Waals surface area (Å²) in [6.45, 7) is 4.94. The van der Waals surface area contributed by atoms with E-state index in [0.29, 0.717) is 25.9 Å². The minimum absolute atomic E-state index is 0.00324. The number of allylic oxidation sites excluding steroid dienone is 4. The number of hydrogen-bond acceptors (Lipinski definition) is 5. The van der Waals surface area contributed by atoms with Crippen molar-refractivity contribution in [3.63, 3.8) is 0 Å². The van der Waals surface area contributed by atoms with Crippen molar-refractivity contribution in [3.8, 4) is 0 Å². The first-order chi connectivity index (χ1) is 37.0. The van der Waals surface area contributed by atoms with E-state index in [1.807, 2.05) is 0 Å². The number of ether oxygens (including phenoxy) is 1. The summed E-state index contributed by atoms with van der Waals surface area (Å²) >= 11 is 0. The first-order valence-electron chi connectivity index (χ1n) is 34.1. The van der Waals surface area contributed by atoms with E-state index in [1.54, 1.807) is 0 Å². The maximum absolute atomic E-state index is 12.5. The summed E-state index contributed by atoms with van der Waals surface area (Å²) in [7, 11) is 0. The molecule has 6 nitrogen and oxygen atoms in total. The van der Waals surface area contributed by atoms with Crippen molar-refractivity contribution in [1.82, 2.24) is 5.32 Å². The van der Waals surface area contributed by atoms with Crippen LogP contribution in [0.3, 0.4) is 0 Å². The fourth-order valence-electron chi connectivity index (χ4n) is 10.8. The highest BCUT2D eigenvalue weighted by atomic mass is 16.5. The minimum atomic E-state index is -0.663. The highest BCUT2D eigenvalue weighted by Crippen LogP contribution is 2.19. The van der Waals surface area contributed by atoms with Crippen molar-refractivity contribution < 1.29 is 24.5 Å². The fraction of sp³-hybridized carbons (Fsp3) is 0.913. The van der Waals surface area contributed by atoms with Gasteiger partial charge < -0.3 is 20.3 Å². The summed E-state index contributed by atoms with van der Waals surface area (Å²) in [5.41, 5.74) is 0. The van der Waals surface area contributed by atoms with Crippen molar-refractivity contribution >= 4 is 11.9 Å². The average Bonchev–Trinajstić information content (AvgIpc) is 3.41. The van der Waals surface area contributed by atoms with Crippen molar-refractivity contribution in [2.45, 2.75) is 392 Å². The van der Waals surface area contributed by atoms with Gasteiger partial charge in [0.1, 0.15) is 0 Å². The lowest BCUT2D eigenvalue weighted by molar-refractivity contribution is -0.143. The van der Waals surface area contributed by atoms with E-state index >= 15 is 0 Å². The molecule has 0 radical (unpaired) electrons. The topological polar surface area (TPSA) is 95.9 Å². The third kappa shape index (κ3) is 61.4. The Morgan fingerprint density at radius 1 is 0.373 bits per heavy atom. The van der Waals surface area contributed by atoms with Crippen molar-refractivity contribution in [2.24, 2.45) is 0 Å². The van der Waals surface area contributed by atoms with Gasteiger partial charge in [0.05, 0.1) is 25.4 Å². The second-order valence-corrected chi connectivity index (χ2v) is 23.5. The SMILES string of the molecule is CCCC/C=C\C/C=C\CCCCCCCC(=O)OCCCCCCCCCCCCCCCCCCCCCCCCCCCCC(=O)NC(CO)C(O)CCCCCCCCCCCCCCCCCCCC. The molecule has 0 aromatic heterocycles. The van der Waals surface area contributed by atoms with Gasteiger partial charge in [0.25, 0.3) is 0 Å². The molecule has 0 aliphatic carbocycles. The molecule has 0 saturated carbocycles. The minimum Gasteiger partial charge on any atom is -0.466 e. The number of aliphatic hydroxyl groups is 2. The fourth-order valence-corrected chi connectivity index (χ4v) is 10.8. The van der Waals surface area contributed by atoms with Crippen LogP contribution in [0.2, 0.25) is 0 Å². The van der Waals surface area contributed by atoms with Crippen LogP contribution in [0.25, 0.3) is 0 Å². The normalized spacial score (nSPS) is 12.6. The van der Waals surface area contributed by atoms with Gasteiger partial charge in [0.2, 0.25) is 5.91 Å². The second-order valence-electron chi connectivity index (χ2n) is 23.5. The first kappa shape index (κ1) is 73.3. The number of carbonyl (C=O) groups excluding carboxylic acids is 2. The Kier molecular flexibility index (Phi) is 63.4. The molecule has 0 bridgehead atoms. The van der Waals surface area contributed by atoms with Crippen LogP contribution in [0.1, 0.15) is 380 Å². The van der Waals surface area contributed by atoms with Crippen molar-refractivity contribution in [2.75, 3.05) is 13.2 Å². The largest absolute Gasteiger partial charge is 0.466 e. The van der Waals surface area contributed by atoms with Crippen LogP contribution in [0.15, 0.2) is 24.3 Å². The van der Waals surface area contributed by atoms with Gasteiger partial charge in [0.15, 0.2) is 0 Å². The molecule has 0 saturated heterocycles. The van der Waals surface area contributed by atoms with E-state index in [-0.39, 0.29) is 18.5 Å². The molecule has 3 N–H and O–H groups in total. The molecule has 75 heavy (non-hydrogen) atoms. The molecule has 0 aromatic rings. The van der Waals surface area contributed by atoms with Gasteiger partial charge in [-0.1, -0.05) is 340 Å². The number of unbranched alkanes of at least 4 members (excludes halogenated alkanes) is 49. The molecular formula is C69H133NO5. The molecule has 6 heteroatoms. The summed E-state index contributed by atoms with van der Waals surface area (Å²) in [5, 5.41) is 23.4. The van der Waals surface area contributed by atoms with Gasteiger partial charge >= 0.3 is 5.97 Å². The smallest absolute Gasteiger partial charge is 0.305 e. The van der Waals surface area contributed by atoms with Gasteiger partial charge in [-0.05, 0) is 51.4 Å². The number of aliphatic hydroxyl groups excluding tert-OH is 2. The average molecular weight is 1060 g/mol. The molecule has 0 fully saturated rings. The highest BCUT2D eigenvalue weighted by molar-refractivity contribution is 5.76. The standard InChI is InChI=1S/C69H133NO5/c1-3-5-7-9-11-13-15-17-19-20-31-34-37-41-45-49-53-57-61-67(72)66(65-71)70-68(73)62-58-54-50-46-42-38-35-32-29-27-25-23-21-22-24-26-28-30-33-36-40-44-48-52-56-60-64-75-69(74)63-59-55-51-47-43-39-18-16-14-12-10-8-6-4-2/h10,12,16,18,66-67,71-72H,3-9,11,13-15,17,19-65H2,1-2H3,(H,70,73)/b12-10-,18-16-. The first-order valence-corrected chi connectivity index (χ1v) is 34.1. The number of nitrogens with one attached hydrogen (secondary N) is 1. The molecule has 1 amide bonds. The summed E-state index contributed by atoms with van der Waals surface area (Å²) < 4.78 is 5.48. The van der Waals surface area contributed by atoms with Crippen LogP contribution in [0.4, 0.5) is 0 Å². The van der Waals surface area contributed by atoms with Gasteiger partial charge in [-0.2, -0.15) is 0 Å². The van der Waals surface area contributed by atoms with Crippen LogP contribution < -0.4 is 5.32 Å². The Morgan fingerprint density at radius 3 is 1.05 bits per heavy atom. The number of amides is 1. The molecule has 0 aliphatic rings. The summed E-state index contributed by atoms with van der Waals surface area (Å²) in [5.74, 6) is -0.0260. The Morgan fingerprint density at radius 2 is 0.680 bits per heavy atom. The van der Waals surface area contributed by atoms with Crippen LogP contribution in [-0.4, -0.2) is 47.4 Å². The second kappa shape index (κ2) is 64.9. The predicted molar refractivity (Wildman–Crippen MR) is 329 cm³/mol. The molecular weight excluding hydrogens is 923 g/mol. The Balaban J connectivity index is 3.36. The number of carbonyl (C=O) groups is 2. The van der Waals surface area contributed by atoms with E-state index in [1.165, 1.54) is 295 Å². The molecule has 2 unspecified atom stereocenters. The number of esters is 1. The zero-order chi connectivity index (χ0) is 54.3. The van der Waals surface area contributed by atoms with Crippen LogP contribution in [0, 0.1) is 0 Å². The van der Waals surface area contributed by atoms with E-state index in [0.717, 1.165) is 51.4 Å². The van der Waals surface area contributed by atoms with E-state index in [2.05, 4.69) is 43.5 Å². The third-order valence-electron chi connectivity index (χ3n) is 16.0. The molecule has 0 aliphatic heterocycles. The maximum Gasteiger partial charge on any atom is 0.305 e.